The van der Waals surface area contributed by atoms with Crippen LogP contribution in [0.15, 0.2) is 0 Å². The van der Waals surface area contributed by atoms with Crippen molar-refractivity contribution in [1.29, 1.82) is 0 Å². The molecule has 4 aliphatic carbocycles. The summed E-state index contributed by atoms with van der Waals surface area (Å²) >= 11 is 0. The van der Waals surface area contributed by atoms with Crippen LogP contribution in [0.4, 0.5) is 22.0 Å². The summed E-state index contributed by atoms with van der Waals surface area (Å²) in [6.07, 6.45) is -4.98. The van der Waals surface area contributed by atoms with Gasteiger partial charge in [0.15, 0.2) is 0 Å². The number of halogens is 5. The fourth-order valence-electron chi connectivity index (χ4n) is 9.30. The molecule has 0 aliphatic heterocycles. The standard InChI is InChI=1S/C28H39F5O8S/c1-15(7-10-22(36)41-24(27(29,30)31)28(32,33)42(37,38)39)17-8-9-18-23-19(13-21(35)26(17,18)3)25(2)11-5-4-6-16(25)12-20(23)40-14-34/h14-20,23-24H,4-13H2,1-3H3,(H,37,38,39)/t15-,16?,17-,18+,19+,20-,23+,24?,25+,26-/m1/s1. The van der Waals surface area contributed by atoms with Crippen LogP contribution in [0.3, 0.4) is 0 Å². The zero-order valence-corrected chi connectivity index (χ0v) is 24.7. The molecule has 0 spiro atoms. The van der Waals surface area contributed by atoms with Crippen LogP contribution < -0.4 is 0 Å². The molecule has 1 N–H and O–H groups in total. The Morgan fingerprint density at radius 3 is 2.38 bits per heavy atom. The zero-order chi connectivity index (χ0) is 31.5. The summed E-state index contributed by atoms with van der Waals surface area (Å²) in [6, 6.07) is 0. The highest BCUT2D eigenvalue weighted by atomic mass is 32.2. The summed E-state index contributed by atoms with van der Waals surface area (Å²) in [5.41, 5.74) is -0.880. The maximum Gasteiger partial charge on any atom is 0.432 e. The van der Waals surface area contributed by atoms with E-state index in [9.17, 15) is 44.8 Å². The van der Waals surface area contributed by atoms with E-state index in [1.807, 2.05) is 6.92 Å². The molecule has 0 bridgehead atoms. The molecule has 0 aromatic rings. The van der Waals surface area contributed by atoms with Gasteiger partial charge >= 0.3 is 27.5 Å². The third kappa shape index (κ3) is 5.47. The molecule has 4 fully saturated rings. The molecule has 4 aliphatic rings. The lowest BCUT2D eigenvalue weighted by Gasteiger charge is -2.61. The highest BCUT2D eigenvalue weighted by Crippen LogP contribution is 2.67. The molecule has 4 rings (SSSR count). The smallest absolute Gasteiger partial charge is 0.432 e. The molecule has 0 aromatic carbocycles. The number of ether oxygens (including phenoxy) is 2. The first-order chi connectivity index (χ1) is 19.3. The predicted molar refractivity (Wildman–Crippen MR) is 137 cm³/mol. The van der Waals surface area contributed by atoms with Gasteiger partial charge in [0.1, 0.15) is 11.9 Å². The second-order valence-corrected chi connectivity index (χ2v) is 14.8. The van der Waals surface area contributed by atoms with Gasteiger partial charge in [0.2, 0.25) is 0 Å². The number of hydrogen-bond acceptors (Lipinski definition) is 7. The van der Waals surface area contributed by atoms with E-state index in [0.717, 1.165) is 32.1 Å². The van der Waals surface area contributed by atoms with Crippen LogP contribution in [0.2, 0.25) is 0 Å². The van der Waals surface area contributed by atoms with E-state index in [4.69, 9.17) is 9.29 Å². The van der Waals surface area contributed by atoms with Gasteiger partial charge in [-0.1, -0.05) is 33.6 Å². The van der Waals surface area contributed by atoms with Crippen molar-refractivity contribution in [2.45, 2.75) is 109 Å². The van der Waals surface area contributed by atoms with Crippen molar-refractivity contribution in [3.63, 3.8) is 0 Å². The number of alkyl halides is 5. The molecule has 0 amide bonds. The number of fused-ring (bicyclic) bond motifs is 5. The van der Waals surface area contributed by atoms with E-state index in [1.54, 1.807) is 6.92 Å². The second-order valence-electron chi connectivity index (χ2n) is 13.3. The minimum Gasteiger partial charge on any atom is -0.464 e. The first-order valence-corrected chi connectivity index (χ1v) is 16.0. The molecule has 0 radical (unpaired) electrons. The number of carbonyl (C=O) groups is 3. The fraction of sp³-hybridized carbons (Fsp3) is 0.893. The first kappa shape index (κ1) is 33.1. The quantitative estimate of drug-likeness (QED) is 0.148. The molecular weight excluding hydrogens is 591 g/mol. The Kier molecular flexibility index (Phi) is 8.87. The van der Waals surface area contributed by atoms with E-state index in [0.29, 0.717) is 31.7 Å². The van der Waals surface area contributed by atoms with Crippen LogP contribution in [0, 0.1) is 46.3 Å². The Bertz CT molecular complexity index is 1180. The van der Waals surface area contributed by atoms with Crippen LogP contribution in [-0.4, -0.2) is 54.8 Å². The van der Waals surface area contributed by atoms with Gasteiger partial charge in [-0.15, -0.1) is 0 Å². The summed E-state index contributed by atoms with van der Waals surface area (Å²) in [5, 5.41) is -5.79. The molecule has 42 heavy (non-hydrogen) atoms. The molecule has 2 unspecified atom stereocenters. The molecule has 10 atom stereocenters. The lowest BCUT2D eigenvalue weighted by atomic mass is 9.43. The first-order valence-electron chi connectivity index (χ1n) is 14.5. The summed E-state index contributed by atoms with van der Waals surface area (Å²) in [4.78, 5) is 37.7. The van der Waals surface area contributed by atoms with E-state index in [-0.39, 0.29) is 47.4 Å². The van der Waals surface area contributed by atoms with Gasteiger partial charge < -0.3 is 9.47 Å². The van der Waals surface area contributed by atoms with Crippen LogP contribution in [0.1, 0.15) is 85.0 Å². The molecule has 0 aromatic heterocycles. The van der Waals surface area contributed by atoms with Crippen molar-refractivity contribution in [3.05, 3.63) is 0 Å². The van der Waals surface area contributed by atoms with Gasteiger partial charge in [-0.05, 0) is 73.5 Å². The summed E-state index contributed by atoms with van der Waals surface area (Å²) in [5.74, 6) is -2.02. The van der Waals surface area contributed by atoms with Gasteiger partial charge in [0, 0.05) is 24.2 Å². The van der Waals surface area contributed by atoms with Gasteiger partial charge in [-0.2, -0.15) is 30.4 Å². The number of carbonyl (C=O) groups excluding carboxylic acids is 3. The Hall–Kier alpha value is -1.83. The average molecular weight is 631 g/mol. The number of Topliss-reactive ketones (excluding diaryl/α,β-unsaturated/α-hetero) is 1. The highest BCUT2D eigenvalue weighted by Gasteiger charge is 2.67. The highest BCUT2D eigenvalue weighted by molar-refractivity contribution is 7.86. The third-order valence-corrected chi connectivity index (χ3v) is 12.3. The van der Waals surface area contributed by atoms with Crippen LogP contribution in [-0.2, 0) is 34.0 Å². The molecular formula is C28H39F5O8S. The Morgan fingerprint density at radius 1 is 1.12 bits per heavy atom. The molecule has 0 heterocycles. The lowest BCUT2D eigenvalue weighted by Crippen LogP contribution is -2.61. The lowest BCUT2D eigenvalue weighted by molar-refractivity contribution is -0.259. The van der Waals surface area contributed by atoms with Crippen molar-refractivity contribution >= 4 is 28.3 Å². The maximum atomic E-state index is 14.0. The van der Waals surface area contributed by atoms with E-state index in [2.05, 4.69) is 11.7 Å². The monoisotopic (exact) mass is 630 g/mol. The minimum absolute atomic E-state index is 0.0328. The van der Waals surface area contributed by atoms with E-state index < -0.39 is 51.4 Å². The molecule has 240 valence electrons. The molecule has 0 saturated heterocycles. The van der Waals surface area contributed by atoms with Crippen LogP contribution in [0.25, 0.3) is 0 Å². The van der Waals surface area contributed by atoms with Gasteiger partial charge in [-0.25, -0.2) is 0 Å². The predicted octanol–water partition coefficient (Wildman–Crippen LogP) is 5.74. The van der Waals surface area contributed by atoms with Crippen molar-refractivity contribution in [2.75, 3.05) is 0 Å². The van der Waals surface area contributed by atoms with Gasteiger partial charge in [0.25, 0.3) is 12.6 Å². The van der Waals surface area contributed by atoms with Crippen molar-refractivity contribution in [2.24, 2.45) is 46.3 Å². The molecule has 8 nitrogen and oxygen atoms in total. The minimum atomic E-state index is -6.53. The normalized spacial score (nSPS) is 38.5. The Morgan fingerprint density at radius 2 is 1.79 bits per heavy atom. The Balaban J connectivity index is 1.50. The van der Waals surface area contributed by atoms with Crippen molar-refractivity contribution < 1.29 is 58.8 Å². The second kappa shape index (κ2) is 11.3. The number of rotatable bonds is 9. The SMILES string of the molecule is C[C@H](CCC(=O)OC(C(F)(F)F)C(F)(F)S(=O)(=O)O)[C@H]1CC[C@H]2[C@@H]3[C@H](OC=O)CC4CCCC[C@]4(C)[C@H]3CC(=O)[C@]12C. The van der Waals surface area contributed by atoms with E-state index >= 15 is 0 Å². The fourth-order valence-corrected chi connectivity index (χ4v) is 9.75. The topological polar surface area (TPSA) is 124 Å². The zero-order valence-electron chi connectivity index (χ0n) is 23.9. The van der Waals surface area contributed by atoms with Crippen molar-refractivity contribution in [3.8, 4) is 0 Å². The third-order valence-electron chi connectivity index (χ3n) is 11.4. The van der Waals surface area contributed by atoms with E-state index in [1.165, 1.54) is 0 Å². The summed E-state index contributed by atoms with van der Waals surface area (Å²) in [6.45, 7) is 6.34. The van der Waals surface area contributed by atoms with Gasteiger partial charge in [0.05, 0.1) is 0 Å². The van der Waals surface area contributed by atoms with Crippen LogP contribution >= 0.6 is 0 Å². The Labute approximate surface area is 242 Å². The van der Waals surface area contributed by atoms with Crippen molar-refractivity contribution in [1.82, 2.24) is 0 Å². The molecule has 4 saturated carbocycles. The molecule has 14 heteroatoms. The van der Waals surface area contributed by atoms with Gasteiger partial charge in [-0.3, -0.25) is 18.9 Å². The van der Waals surface area contributed by atoms with Crippen LogP contribution in [0.5, 0.6) is 0 Å². The average Bonchev–Trinajstić information content (AvgIpc) is 3.24. The number of ketones is 1. The number of esters is 1. The largest absolute Gasteiger partial charge is 0.464 e. The maximum absolute atomic E-state index is 14.0. The summed E-state index contributed by atoms with van der Waals surface area (Å²) in [7, 11) is -6.53. The number of hydrogen-bond donors (Lipinski definition) is 1. The summed E-state index contributed by atoms with van der Waals surface area (Å²) < 4.78 is 107.